The number of piperazine rings is 1. The molecule has 1 N–H and O–H groups in total. The van der Waals surface area contributed by atoms with Crippen molar-refractivity contribution in [1.82, 2.24) is 9.97 Å². The van der Waals surface area contributed by atoms with Gasteiger partial charge in [0, 0.05) is 54.2 Å². The smallest absolute Gasteiger partial charge is 0.128 e. The molecule has 1 aliphatic carbocycles. The van der Waals surface area contributed by atoms with Gasteiger partial charge in [-0.15, -0.1) is 4.91 Å². The van der Waals surface area contributed by atoms with E-state index in [0.717, 1.165) is 70.6 Å². The van der Waals surface area contributed by atoms with E-state index < -0.39 is 0 Å². The Labute approximate surface area is 186 Å². The van der Waals surface area contributed by atoms with E-state index in [1.165, 1.54) is 0 Å². The van der Waals surface area contributed by atoms with Crippen LogP contribution in [0.2, 0.25) is 0 Å². The highest BCUT2D eigenvalue weighted by atomic mass is 16.3. The molecule has 154 valence electrons. The number of aromatic nitrogens is 2. The minimum atomic E-state index is 0.485. The number of hydrogen-bond acceptors (Lipinski definition) is 5. The number of hydrogen-bond donors (Lipinski definition) is 1. The van der Waals surface area contributed by atoms with E-state index in [1.54, 1.807) is 0 Å². The third kappa shape index (κ3) is 2.85. The van der Waals surface area contributed by atoms with E-state index in [1.807, 2.05) is 60.8 Å². The van der Waals surface area contributed by atoms with Crippen molar-refractivity contribution in [3.05, 3.63) is 71.8 Å². The first-order valence-electron chi connectivity index (χ1n) is 10.7. The molecule has 0 unspecified atom stereocenters. The lowest BCUT2D eigenvalue weighted by molar-refractivity contribution is 0.643. The maximum Gasteiger partial charge on any atom is 0.128 e. The van der Waals surface area contributed by atoms with Crippen LogP contribution < -0.4 is 15.3 Å². The van der Waals surface area contributed by atoms with Crippen molar-refractivity contribution in [2.45, 2.75) is 0 Å². The maximum absolute atomic E-state index is 12.0. The maximum atomic E-state index is 12.0. The number of aromatic amines is 1. The van der Waals surface area contributed by atoms with Gasteiger partial charge in [0.1, 0.15) is 25.2 Å². The largest absolute Gasteiger partial charge is 0.354 e. The quantitative estimate of drug-likeness (QED) is 0.351. The predicted octanol–water partition coefficient (Wildman–Crippen LogP) is 4.34. The van der Waals surface area contributed by atoms with Crippen LogP contribution in [0.25, 0.3) is 32.8 Å². The van der Waals surface area contributed by atoms with Gasteiger partial charge >= 0.3 is 0 Å². The average Bonchev–Trinajstić information content (AvgIpc) is 3.19. The fraction of sp³-hybridized carbons (Fsp3) is 0.160. The molecule has 1 saturated heterocycles. The van der Waals surface area contributed by atoms with E-state index in [-0.39, 0.29) is 0 Å². The topological polar surface area (TPSA) is 64.6 Å². The Bertz CT molecular complexity index is 1420. The Hall–Kier alpha value is -3.87. The number of H-pyrrole nitrogens is 1. The molecule has 3 aliphatic rings. The summed E-state index contributed by atoms with van der Waals surface area (Å²) in [7, 11) is 6.13. The second-order valence-electron chi connectivity index (χ2n) is 8.18. The van der Waals surface area contributed by atoms with E-state index in [4.69, 9.17) is 7.85 Å². The van der Waals surface area contributed by atoms with Gasteiger partial charge in [-0.1, -0.05) is 47.9 Å². The summed E-state index contributed by atoms with van der Waals surface area (Å²) in [6.45, 7) is 3.30. The average molecular weight is 417 g/mol. The summed E-state index contributed by atoms with van der Waals surface area (Å²) in [6, 6.07) is 19.8. The summed E-state index contributed by atoms with van der Waals surface area (Å²) in [6.07, 6.45) is 1.83. The predicted molar refractivity (Wildman–Crippen MR) is 132 cm³/mol. The van der Waals surface area contributed by atoms with E-state index in [9.17, 15) is 4.91 Å². The number of nitrogens with zero attached hydrogens (tertiary/aromatic N) is 4. The normalized spacial score (nSPS) is 14.5. The Balaban J connectivity index is 1.52. The van der Waals surface area contributed by atoms with Crippen LogP contribution in [0.1, 0.15) is 0 Å². The van der Waals surface area contributed by atoms with Crippen LogP contribution >= 0.6 is 0 Å². The molecule has 6 nitrogen and oxygen atoms in total. The van der Waals surface area contributed by atoms with Crippen LogP contribution in [0.5, 0.6) is 0 Å². The molecule has 2 aliphatic heterocycles. The molecular formula is C25H20BN5O. The molecule has 0 amide bonds. The lowest BCUT2D eigenvalue weighted by Gasteiger charge is -2.37. The third-order valence-electron chi connectivity index (χ3n) is 6.40. The Morgan fingerprint density at radius 2 is 1.59 bits per heavy atom. The monoisotopic (exact) mass is 417 g/mol. The highest BCUT2D eigenvalue weighted by Gasteiger charge is 2.29. The first kappa shape index (κ1) is 18.9. The van der Waals surface area contributed by atoms with Crippen LogP contribution in [-0.4, -0.2) is 44.0 Å². The summed E-state index contributed by atoms with van der Waals surface area (Å²) in [4.78, 5) is 24.7. The molecule has 0 bridgehead atoms. The summed E-state index contributed by atoms with van der Waals surface area (Å²) in [5.74, 6) is 1.92. The van der Waals surface area contributed by atoms with Crippen molar-refractivity contribution < 1.29 is 0 Å². The Morgan fingerprint density at radius 3 is 2.34 bits per heavy atom. The molecule has 3 heterocycles. The SMILES string of the molecule is [B]c1ccc2[nH]c(N3CCN(c4ccccn4)CC3)c3c(N=O)c4ccccc4c-3c2c1. The second kappa shape index (κ2) is 7.37. The van der Waals surface area contributed by atoms with Gasteiger partial charge < -0.3 is 14.8 Å². The summed E-state index contributed by atoms with van der Waals surface area (Å²) >= 11 is 0. The van der Waals surface area contributed by atoms with E-state index in [2.05, 4.69) is 31.0 Å². The Morgan fingerprint density at radius 1 is 0.844 bits per heavy atom. The van der Waals surface area contributed by atoms with Crippen LogP contribution in [0.4, 0.5) is 17.3 Å². The summed E-state index contributed by atoms with van der Waals surface area (Å²) < 4.78 is 0. The minimum Gasteiger partial charge on any atom is -0.354 e. The van der Waals surface area contributed by atoms with Crippen molar-refractivity contribution >= 4 is 52.3 Å². The highest BCUT2D eigenvalue weighted by molar-refractivity contribution is 6.34. The molecule has 2 aromatic carbocycles. The van der Waals surface area contributed by atoms with Gasteiger partial charge in [0.25, 0.3) is 0 Å². The Kier molecular flexibility index (Phi) is 4.35. The number of anilines is 2. The molecule has 2 radical (unpaired) electrons. The lowest BCUT2D eigenvalue weighted by atomic mass is 9.91. The van der Waals surface area contributed by atoms with Crippen LogP contribution in [0.15, 0.2) is 72.0 Å². The molecule has 3 aromatic rings. The number of nitrogens with one attached hydrogen (secondary N) is 1. The van der Waals surface area contributed by atoms with Crippen molar-refractivity contribution in [2.75, 3.05) is 36.0 Å². The standard InChI is InChI=1S/C25H20BN5O/c26-16-8-9-20-19(15-16)22-17-5-1-2-6-18(17)24(29-32)23(22)25(28-20)31-13-11-30(12-14-31)21-7-3-4-10-27-21/h1-10,15,28H,11-14H2. The van der Waals surface area contributed by atoms with Gasteiger partial charge in [0.2, 0.25) is 0 Å². The molecule has 7 heteroatoms. The van der Waals surface area contributed by atoms with Gasteiger partial charge in [-0.25, -0.2) is 4.98 Å². The second-order valence-corrected chi connectivity index (χ2v) is 8.18. The number of fused-ring (bicyclic) bond motifs is 5. The van der Waals surface area contributed by atoms with Crippen LogP contribution in [0, 0.1) is 4.91 Å². The molecule has 32 heavy (non-hydrogen) atoms. The van der Waals surface area contributed by atoms with Crippen molar-refractivity contribution in [2.24, 2.45) is 5.18 Å². The van der Waals surface area contributed by atoms with Gasteiger partial charge in [-0.3, -0.25) is 0 Å². The first-order valence-corrected chi connectivity index (χ1v) is 10.7. The van der Waals surface area contributed by atoms with Crippen molar-refractivity contribution in [1.29, 1.82) is 0 Å². The van der Waals surface area contributed by atoms with Gasteiger partial charge in [-0.05, 0) is 28.8 Å². The van der Waals surface area contributed by atoms with Gasteiger partial charge in [0.15, 0.2) is 0 Å². The number of benzene rings is 2. The van der Waals surface area contributed by atoms with Crippen LogP contribution in [-0.2, 0) is 0 Å². The van der Waals surface area contributed by atoms with Crippen LogP contribution in [0.3, 0.4) is 0 Å². The van der Waals surface area contributed by atoms with Gasteiger partial charge in [0.05, 0.1) is 5.56 Å². The van der Waals surface area contributed by atoms with Crippen molar-refractivity contribution in [3.8, 4) is 11.1 Å². The number of nitroso groups, excluding NO2 is 1. The van der Waals surface area contributed by atoms with Crippen molar-refractivity contribution in [3.63, 3.8) is 0 Å². The molecule has 1 fully saturated rings. The third-order valence-corrected chi connectivity index (χ3v) is 6.40. The zero-order valence-electron chi connectivity index (χ0n) is 17.5. The molecule has 1 aromatic heterocycles. The molecule has 0 saturated carbocycles. The zero-order chi connectivity index (χ0) is 21.7. The molecule has 6 rings (SSSR count). The number of pyridine rings is 2. The van der Waals surface area contributed by atoms with E-state index in [0.29, 0.717) is 11.2 Å². The number of rotatable bonds is 3. The fourth-order valence-electron chi connectivity index (χ4n) is 4.91. The first-order chi connectivity index (χ1) is 15.7. The highest BCUT2D eigenvalue weighted by Crippen LogP contribution is 2.51. The summed E-state index contributed by atoms with van der Waals surface area (Å²) in [5, 5.41) is 6.38. The van der Waals surface area contributed by atoms with Gasteiger partial charge in [-0.2, -0.15) is 0 Å². The molecular weight excluding hydrogens is 397 g/mol. The lowest BCUT2D eigenvalue weighted by Crippen LogP contribution is -2.47. The molecule has 0 atom stereocenters. The minimum absolute atomic E-state index is 0.485. The molecule has 0 spiro atoms. The fourth-order valence-corrected chi connectivity index (χ4v) is 4.91. The van der Waals surface area contributed by atoms with E-state index >= 15 is 0 Å². The zero-order valence-corrected chi connectivity index (χ0v) is 17.5. The summed E-state index contributed by atoms with van der Waals surface area (Å²) in [5.41, 5.74) is 4.05.